The summed E-state index contributed by atoms with van der Waals surface area (Å²) in [5, 5.41) is 3.83. The third-order valence-electron chi connectivity index (χ3n) is 3.77. The molecule has 3 N–H and O–H groups in total. The van der Waals surface area contributed by atoms with Crippen molar-refractivity contribution in [3.8, 4) is 0 Å². The lowest BCUT2D eigenvalue weighted by atomic mass is 10.2. The minimum absolute atomic E-state index is 0.169. The average molecular weight is 305 g/mol. The number of hydrogen-bond acceptors (Lipinski definition) is 3. The van der Waals surface area contributed by atoms with Crippen molar-refractivity contribution in [1.29, 1.82) is 0 Å². The predicted octanol–water partition coefficient (Wildman–Crippen LogP) is 2.68. The van der Waals surface area contributed by atoms with Gasteiger partial charge in [-0.1, -0.05) is 6.07 Å². The van der Waals surface area contributed by atoms with E-state index in [0.717, 1.165) is 27.8 Å². The van der Waals surface area contributed by atoms with Gasteiger partial charge >= 0.3 is 0 Å². The number of H-pyrrole nitrogens is 2. The maximum atomic E-state index is 12.3. The molecule has 0 bridgehead atoms. The largest absolute Gasteiger partial charge is 0.349 e. The quantitative estimate of drug-likeness (QED) is 0.544. The number of imidazole rings is 1. The maximum Gasteiger partial charge on any atom is 0.268 e. The van der Waals surface area contributed by atoms with Gasteiger partial charge in [0.25, 0.3) is 5.91 Å². The van der Waals surface area contributed by atoms with E-state index in [0.29, 0.717) is 12.2 Å². The highest BCUT2D eigenvalue weighted by atomic mass is 16.1. The van der Waals surface area contributed by atoms with Crippen LogP contribution in [0.15, 0.2) is 42.7 Å². The maximum absolute atomic E-state index is 12.3. The van der Waals surface area contributed by atoms with Crippen LogP contribution < -0.4 is 5.32 Å². The highest BCUT2D eigenvalue weighted by Crippen LogP contribution is 2.15. The van der Waals surface area contributed by atoms with Crippen molar-refractivity contribution in [3.63, 3.8) is 0 Å². The van der Waals surface area contributed by atoms with Gasteiger partial charge in [0, 0.05) is 11.6 Å². The van der Waals surface area contributed by atoms with E-state index in [4.69, 9.17) is 0 Å². The number of aryl methyl sites for hydroxylation is 1. The molecule has 6 heteroatoms. The SMILES string of the molecule is Cc1ccc2nc(CNC(=O)c3cc4ccncc4[nH]3)[nH]c2c1. The third-order valence-corrected chi connectivity index (χ3v) is 3.77. The summed E-state index contributed by atoms with van der Waals surface area (Å²) < 4.78 is 0. The Kier molecular flexibility index (Phi) is 3.08. The molecule has 4 aromatic rings. The molecule has 4 rings (SSSR count). The second kappa shape index (κ2) is 5.24. The molecule has 0 aliphatic carbocycles. The van der Waals surface area contributed by atoms with Crippen LogP contribution >= 0.6 is 0 Å². The molecule has 0 atom stereocenters. The molecule has 0 saturated carbocycles. The smallest absolute Gasteiger partial charge is 0.268 e. The number of pyridine rings is 1. The molecule has 6 nitrogen and oxygen atoms in total. The molecular formula is C17H15N5O. The van der Waals surface area contributed by atoms with Crippen LogP contribution in [0.4, 0.5) is 0 Å². The molecule has 3 heterocycles. The number of amides is 1. The van der Waals surface area contributed by atoms with Gasteiger partial charge < -0.3 is 15.3 Å². The van der Waals surface area contributed by atoms with Crippen LogP contribution in [0, 0.1) is 6.92 Å². The summed E-state index contributed by atoms with van der Waals surface area (Å²) in [6, 6.07) is 9.71. The molecular weight excluding hydrogens is 290 g/mol. The zero-order chi connectivity index (χ0) is 15.8. The molecule has 0 fully saturated rings. The summed E-state index contributed by atoms with van der Waals surface area (Å²) in [7, 11) is 0. The van der Waals surface area contributed by atoms with Crippen LogP contribution in [0.5, 0.6) is 0 Å². The predicted molar refractivity (Wildman–Crippen MR) is 88.1 cm³/mol. The van der Waals surface area contributed by atoms with Crippen LogP contribution in [-0.2, 0) is 6.54 Å². The summed E-state index contributed by atoms with van der Waals surface area (Å²) in [6.45, 7) is 2.38. The van der Waals surface area contributed by atoms with Gasteiger partial charge in [0.05, 0.1) is 29.3 Å². The Morgan fingerprint density at radius 3 is 2.96 bits per heavy atom. The number of hydrogen-bond donors (Lipinski definition) is 3. The van der Waals surface area contributed by atoms with Crippen molar-refractivity contribution in [3.05, 3.63) is 59.8 Å². The number of aromatic amines is 2. The van der Waals surface area contributed by atoms with Crippen molar-refractivity contribution in [2.24, 2.45) is 0 Å². The molecule has 23 heavy (non-hydrogen) atoms. The second-order valence-corrected chi connectivity index (χ2v) is 5.53. The summed E-state index contributed by atoms with van der Waals surface area (Å²) in [5.41, 5.74) is 4.41. The summed E-state index contributed by atoms with van der Waals surface area (Å²) in [4.78, 5) is 27.0. The molecule has 1 amide bonds. The minimum Gasteiger partial charge on any atom is -0.349 e. The fraction of sp³-hybridized carbons (Fsp3) is 0.118. The van der Waals surface area contributed by atoms with Gasteiger partial charge in [0.15, 0.2) is 0 Å². The summed E-state index contributed by atoms with van der Waals surface area (Å²) in [6.07, 6.45) is 3.40. The Bertz CT molecular complexity index is 981. The van der Waals surface area contributed by atoms with Crippen molar-refractivity contribution in [1.82, 2.24) is 25.3 Å². The molecule has 0 unspecified atom stereocenters. The fourth-order valence-corrected chi connectivity index (χ4v) is 2.61. The van der Waals surface area contributed by atoms with E-state index in [1.54, 1.807) is 12.4 Å². The molecule has 0 radical (unpaired) electrons. The number of aromatic nitrogens is 4. The van der Waals surface area contributed by atoms with Crippen LogP contribution in [-0.4, -0.2) is 25.8 Å². The first-order valence-electron chi connectivity index (χ1n) is 7.35. The number of nitrogens with zero attached hydrogens (tertiary/aromatic N) is 2. The van der Waals surface area contributed by atoms with Crippen LogP contribution in [0.3, 0.4) is 0 Å². The van der Waals surface area contributed by atoms with Crippen molar-refractivity contribution < 1.29 is 4.79 Å². The van der Waals surface area contributed by atoms with Gasteiger partial charge in [-0.05, 0) is 36.8 Å². The summed E-state index contributed by atoms with van der Waals surface area (Å²) >= 11 is 0. The van der Waals surface area contributed by atoms with Gasteiger partial charge in [0.2, 0.25) is 0 Å². The highest BCUT2D eigenvalue weighted by molar-refractivity contribution is 5.97. The molecule has 3 aromatic heterocycles. The van der Waals surface area contributed by atoms with Gasteiger partial charge in [0.1, 0.15) is 11.5 Å². The van der Waals surface area contributed by atoms with Crippen LogP contribution in [0.25, 0.3) is 21.9 Å². The van der Waals surface area contributed by atoms with Crippen molar-refractivity contribution >= 4 is 27.8 Å². The second-order valence-electron chi connectivity index (χ2n) is 5.53. The Balaban J connectivity index is 1.51. The van der Waals surface area contributed by atoms with E-state index in [2.05, 4.69) is 25.3 Å². The van der Waals surface area contributed by atoms with Crippen LogP contribution in [0.1, 0.15) is 21.9 Å². The number of carbonyl (C=O) groups is 1. The zero-order valence-electron chi connectivity index (χ0n) is 12.6. The molecule has 0 aliphatic rings. The number of rotatable bonds is 3. The fourth-order valence-electron chi connectivity index (χ4n) is 2.61. The van der Waals surface area contributed by atoms with Crippen molar-refractivity contribution in [2.75, 3.05) is 0 Å². The Hall–Kier alpha value is -3.15. The van der Waals surface area contributed by atoms with E-state index in [9.17, 15) is 4.79 Å². The average Bonchev–Trinajstić information content (AvgIpc) is 3.15. The van der Waals surface area contributed by atoms with Gasteiger partial charge in [-0.15, -0.1) is 0 Å². The van der Waals surface area contributed by atoms with Gasteiger partial charge in [-0.25, -0.2) is 4.98 Å². The number of nitrogens with one attached hydrogen (secondary N) is 3. The lowest BCUT2D eigenvalue weighted by molar-refractivity contribution is 0.0946. The Morgan fingerprint density at radius 2 is 2.09 bits per heavy atom. The highest BCUT2D eigenvalue weighted by Gasteiger charge is 2.10. The van der Waals surface area contributed by atoms with E-state index in [-0.39, 0.29) is 5.91 Å². The zero-order valence-corrected chi connectivity index (χ0v) is 12.6. The van der Waals surface area contributed by atoms with E-state index in [1.807, 2.05) is 37.3 Å². The molecule has 1 aromatic carbocycles. The van der Waals surface area contributed by atoms with Crippen LogP contribution in [0.2, 0.25) is 0 Å². The Morgan fingerprint density at radius 1 is 1.17 bits per heavy atom. The van der Waals surface area contributed by atoms with E-state index in [1.165, 1.54) is 5.56 Å². The normalized spacial score (nSPS) is 11.2. The minimum atomic E-state index is -0.169. The van der Waals surface area contributed by atoms with Gasteiger partial charge in [-0.2, -0.15) is 0 Å². The molecule has 0 aliphatic heterocycles. The summed E-state index contributed by atoms with van der Waals surface area (Å²) in [5.74, 6) is 0.564. The monoisotopic (exact) mass is 305 g/mol. The van der Waals surface area contributed by atoms with E-state index < -0.39 is 0 Å². The molecule has 114 valence electrons. The number of benzene rings is 1. The standard InChI is InChI=1S/C17H15N5O/c1-10-2-3-12-13(6-10)22-16(21-12)9-19-17(23)14-7-11-4-5-18-8-15(11)20-14/h2-8,20H,9H2,1H3,(H,19,23)(H,21,22). The first kappa shape index (κ1) is 13.5. The molecule has 0 saturated heterocycles. The number of carbonyl (C=O) groups excluding carboxylic acids is 1. The lowest BCUT2D eigenvalue weighted by Gasteiger charge is -2.00. The topological polar surface area (TPSA) is 86.5 Å². The molecule has 0 spiro atoms. The third kappa shape index (κ3) is 2.55. The van der Waals surface area contributed by atoms with Gasteiger partial charge in [-0.3, -0.25) is 9.78 Å². The Labute approximate surface area is 132 Å². The first-order valence-corrected chi connectivity index (χ1v) is 7.35. The van der Waals surface area contributed by atoms with E-state index >= 15 is 0 Å². The first-order chi connectivity index (χ1) is 11.2. The lowest BCUT2D eigenvalue weighted by Crippen LogP contribution is -2.23. The van der Waals surface area contributed by atoms with Crippen molar-refractivity contribution in [2.45, 2.75) is 13.5 Å². The number of fused-ring (bicyclic) bond motifs is 2.